The van der Waals surface area contributed by atoms with Crippen LogP contribution >= 0.6 is 15.9 Å². The zero-order valence-electron chi connectivity index (χ0n) is 16.2. The number of imide groups is 1. The van der Waals surface area contributed by atoms with Crippen molar-refractivity contribution in [1.29, 1.82) is 0 Å². The molecular formula is C25H16BrNO4. The molecule has 1 aliphatic heterocycles. The minimum absolute atomic E-state index is 0.336. The van der Waals surface area contributed by atoms with Crippen molar-refractivity contribution in [3.63, 3.8) is 0 Å². The van der Waals surface area contributed by atoms with Crippen LogP contribution in [0.4, 0.5) is 5.69 Å². The molecule has 31 heavy (non-hydrogen) atoms. The molecule has 0 spiro atoms. The molecule has 2 bridgehead atoms. The molecule has 0 saturated carbocycles. The third-order valence-electron chi connectivity index (χ3n) is 7.04. The van der Waals surface area contributed by atoms with Gasteiger partial charge in [-0.25, -0.2) is 4.90 Å². The molecule has 7 rings (SSSR count). The number of anilines is 1. The number of carboxylic acids is 1. The molecule has 6 heteroatoms. The van der Waals surface area contributed by atoms with E-state index in [-0.39, 0.29) is 11.8 Å². The molecule has 1 saturated heterocycles. The minimum atomic E-state index is -1.59. The van der Waals surface area contributed by atoms with Gasteiger partial charge in [-0.2, -0.15) is 0 Å². The van der Waals surface area contributed by atoms with Crippen molar-refractivity contribution in [3.8, 4) is 0 Å². The van der Waals surface area contributed by atoms with Gasteiger partial charge in [0, 0.05) is 10.4 Å². The van der Waals surface area contributed by atoms with E-state index in [4.69, 9.17) is 0 Å². The van der Waals surface area contributed by atoms with Crippen LogP contribution in [0, 0.1) is 11.8 Å². The van der Waals surface area contributed by atoms with E-state index in [1.54, 1.807) is 48.5 Å². The number of amides is 2. The number of hydrogen-bond acceptors (Lipinski definition) is 3. The van der Waals surface area contributed by atoms with Crippen LogP contribution in [0.1, 0.15) is 28.2 Å². The van der Waals surface area contributed by atoms with Crippen molar-refractivity contribution in [3.05, 3.63) is 99.5 Å². The predicted octanol–water partition coefficient (Wildman–Crippen LogP) is 4.08. The Hall–Kier alpha value is -3.25. The zero-order valence-corrected chi connectivity index (χ0v) is 17.7. The third-order valence-corrected chi connectivity index (χ3v) is 7.57. The summed E-state index contributed by atoms with van der Waals surface area (Å²) in [5.41, 5.74) is 1.74. The van der Waals surface area contributed by atoms with Crippen molar-refractivity contribution in [2.75, 3.05) is 4.90 Å². The Bertz CT molecular complexity index is 1250. The van der Waals surface area contributed by atoms with E-state index >= 15 is 0 Å². The van der Waals surface area contributed by atoms with Gasteiger partial charge in [-0.1, -0.05) is 64.5 Å². The number of hydrogen-bond donors (Lipinski definition) is 1. The van der Waals surface area contributed by atoms with Gasteiger partial charge in [0.25, 0.3) is 0 Å². The Morgan fingerprint density at radius 3 is 1.94 bits per heavy atom. The molecule has 152 valence electrons. The topological polar surface area (TPSA) is 74.7 Å². The van der Waals surface area contributed by atoms with Crippen molar-refractivity contribution >= 4 is 39.4 Å². The molecule has 0 radical (unpaired) electrons. The molecule has 5 nitrogen and oxygen atoms in total. The van der Waals surface area contributed by atoms with Gasteiger partial charge in [0.05, 0.1) is 17.5 Å². The highest BCUT2D eigenvalue weighted by molar-refractivity contribution is 9.10. The average Bonchev–Trinajstić information content (AvgIpc) is 3.05. The first-order valence-electron chi connectivity index (χ1n) is 10.0. The van der Waals surface area contributed by atoms with Gasteiger partial charge in [-0.05, 0) is 46.5 Å². The minimum Gasteiger partial charge on any atom is -0.480 e. The van der Waals surface area contributed by atoms with Gasteiger partial charge in [0.1, 0.15) is 5.41 Å². The third kappa shape index (κ3) is 2.08. The number of carbonyl (C=O) groups excluding carboxylic acids is 2. The van der Waals surface area contributed by atoms with Crippen LogP contribution in [-0.4, -0.2) is 22.9 Å². The van der Waals surface area contributed by atoms with Gasteiger partial charge in [-0.15, -0.1) is 0 Å². The first kappa shape index (κ1) is 18.5. The molecule has 2 amide bonds. The average molecular weight is 474 g/mol. The van der Waals surface area contributed by atoms with Gasteiger partial charge in [-0.3, -0.25) is 14.4 Å². The Labute approximate surface area is 186 Å². The molecule has 3 aromatic carbocycles. The lowest BCUT2D eigenvalue weighted by molar-refractivity contribution is -0.149. The fourth-order valence-corrected chi connectivity index (χ4v) is 6.24. The van der Waals surface area contributed by atoms with Crippen LogP contribution in [0.15, 0.2) is 77.3 Å². The van der Waals surface area contributed by atoms with Crippen LogP contribution in [0.3, 0.4) is 0 Å². The van der Waals surface area contributed by atoms with Gasteiger partial charge < -0.3 is 5.11 Å². The second kappa shape index (κ2) is 6.14. The summed E-state index contributed by atoms with van der Waals surface area (Å²) in [7, 11) is 0. The first-order valence-corrected chi connectivity index (χ1v) is 10.8. The highest BCUT2D eigenvalue weighted by Gasteiger charge is 2.71. The Morgan fingerprint density at radius 1 is 0.839 bits per heavy atom. The van der Waals surface area contributed by atoms with E-state index < -0.39 is 29.1 Å². The largest absolute Gasteiger partial charge is 0.480 e. The van der Waals surface area contributed by atoms with Gasteiger partial charge in [0.2, 0.25) is 11.8 Å². The number of carboxylic acid groups (broad SMARTS) is 1. The highest BCUT2D eigenvalue weighted by Crippen LogP contribution is 2.64. The second-order valence-corrected chi connectivity index (χ2v) is 9.17. The van der Waals surface area contributed by atoms with Crippen molar-refractivity contribution in [2.24, 2.45) is 11.8 Å². The van der Waals surface area contributed by atoms with Gasteiger partial charge in [0.15, 0.2) is 0 Å². The van der Waals surface area contributed by atoms with E-state index in [2.05, 4.69) is 15.9 Å². The summed E-state index contributed by atoms with van der Waals surface area (Å²) < 4.78 is 0.828. The van der Waals surface area contributed by atoms with Crippen molar-refractivity contribution in [1.82, 2.24) is 0 Å². The molecule has 3 aliphatic carbocycles. The van der Waals surface area contributed by atoms with Gasteiger partial charge >= 0.3 is 5.97 Å². The molecule has 1 fully saturated rings. The molecule has 0 unspecified atom stereocenters. The summed E-state index contributed by atoms with van der Waals surface area (Å²) in [5.74, 6) is -3.98. The van der Waals surface area contributed by atoms with Crippen LogP contribution in [0.5, 0.6) is 0 Å². The Morgan fingerprint density at radius 2 is 1.39 bits per heavy atom. The predicted molar refractivity (Wildman–Crippen MR) is 117 cm³/mol. The molecule has 4 aliphatic rings. The number of halogens is 1. The van der Waals surface area contributed by atoms with Crippen LogP contribution in [-0.2, 0) is 19.8 Å². The number of carbonyl (C=O) groups is 3. The van der Waals surface area contributed by atoms with E-state index in [9.17, 15) is 19.5 Å². The first-order chi connectivity index (χ1) is 15.0. The molecular weight excluding hydrogens is 458 g/mol. The van der Waals surface area contributed by atoms with E-state index in [1.165, 1.54) is 4.90 Å². The second-order valence-electron chi connectivity index (χ2n) is 8.26. The molecule has 1 heterocycles. The Balaban J connectivity index is 1.67. The fourth-order valence-electron chi connectivity index (χ4n) is 5.98. The van der Waals surface area contributed by atoms with Crippen LogP contribution in [0.2, 0.25) is 0 Å². The van der Waals surface area contributed by atoms with E-state index in [0.29, 0.717) is 16.8 Å². The lowest BCUT2D eigenvalue weighted by Gasteiger charge is -2.51. The SMILES string of the molecule is O=C1[C@@H]2[C@@H](C(=O)N1c1ccc(Br)cc1)C1c3ccccc3C2(C(=O)O)c2ccccc21. The monoisotopic (exact) mass is 473 g/mol. The summed E-state index contributed by atoms with van der Waals surface area (Å²) in [6, 6.07) is 21.6. The molecule has 0 aromatic heterocycles. The lowest BCUT2D eigenvalue weighted by Crippen LogP contribution is -2.57. The number of rotatable bonds is 2. The standard InChI is InChI=1S/C25H16BrNO4/c26-13-9-11-14(12-10-13)27-22(28)20-19-15-5-1-3-7-17(15)25(24(30)31,21(20)23(27)29)18-8-4-2-6-16(18)19/h1-12,19-21H,(H,30,31)/t19?,20-,21-,25?/m0/s1. The normalized spacial score (nSPS) is 27.6. The maximum Gasteiger partial charge on any atom is 0.319 e. The van der Waals surface area contributed by atoms with Crippen LogP contribution in [0.25, 0.3) is 0 Å². The smallest absolute Gasteiger partial charge is 0.319 e. The molecule has 1 N–H and O–H groups in total. The lowest BCUT2D eigenvalue weighted by atomic mass is 9.47. The summed E-state index contributed by atoms with van der Waals surface area (Å²) >= 11 is 3.37. The summed E-state index contributed by atoms with van der Waals surface area (Å²) in [5, 5.41) is 10.7. The van der Waals surface area contributed by atoms with Crippen LogP contribution < -0.4 is 4.90 Å². The van der Waals surface area contributed by atoms with Crippen molar-refractivity contribution < 1.29 is 19.5 Å². The molecule has 3 aromatic rings. The summed E-state index contributed by atoms with van der Waals surface area (Å²) in [6.45, 7) is 0. The molecule has 2 atom stereocenters. The number of benzene rings is 3. The quantitative estimate of drug-likeness (QED) is 0.568. The van der Waals surface area contributed by atoms with E-state index in [1.807, 2.05) is 24.3 Å². The number of nitrogens with zero attached hydrogens (tertiary/aromatic N) is 1. The number of aliphatic carboxylic acids is 1. The fraction of sp³-hybridized carbons (Fsp3) is 0.160. The van der Waals surface area contributed by atoms with Crippen molar-refractivity contribution in [2.45, 2.75) is 11.3 Å². The highest BCUT2D eigenvalue weighted by atomic mass is 79.9. The maximum absolute atomic E-state index is 13.8. The summed E-state index contributed by atoms with van der Waals surface area (Å²) in [6.07, 6.45) is 0. The maximum atomic E-state index is 13.8. The Kier molecular flexibility index (Phi) is 3.67. The summed E-state index contributed by atoms with van der Waals surface area (Å²) in [4.78, 5) is 41.7. The van der Waals surface area contributed by atoms with E-state index in [0.717, 1.165) is 15.6 Å². The zero-order chi connectivity index (χ0) is 21.5.